The van der Waals surface area contributed by atoms with Gasteiger partial charge in [-0.1, -0.05) is 0 Å². The summed E-state index contributed by atoms with van der Waals surface area (Å²) in [6.45, 7) is 2.43. The molecule has 0 bridgehead atoms. The van der Waals surface area contributed by atoms with Crippen molar-refractivity contribution in [1.29, 1.82) is 0 Å². The summed E-state index contributed by atoms with van der Waals surface area (Å²) < 4.78 is 17.2. The van der Waals surface area contributed by atoms with Crippen molar-refractivity contribution in [3.8, 4) is 11.5 Å². The fourth-order valence-corrected chi connectivity index (χ4v) is 4.14. The third kappa shape index (κ3) is 5.85. The first-order valence-corrected chi connectivity index (χ1v) is 11.1. The van der Waals surface area contributed by atoms with Gasteiger partial charge < -0.3 is 14.2 Å². The van der Waals surface area contributed by atoms with Crippen molar-refractivity contribution >= 4 is 51.0 Å². The molecule has 0 aromatic heterocycles. The van der Waals surface area contributed by atoms with E-state index in [1.54, 1.807) is 6.21 Å². The molecule has 2 aliphatic rings. The molecule has 0 unspecified atom stereocenters. The van der Waals surface area contributed by atoms with Crippen LogP contribution in [0.4, 0.5) is 0 Å². The van der Waals surface area contributed by atoms with Crippen LogP contribution in [0, 0.1) is 0 Å². The Morgan fingerprint density at radius 2 is 2.10 bits per heavy atom. The van der Waals surface area contributed by atoms with Crippen LogP contribution in [0.25, 0.3) is 0 Å². The molecule has 1 N–H and O–H groups in total. The topological polar surface area (TPSA) is 98.6 Å². The second kappa shape index (κ2) is 10.6. The van der Waals surface area contributed by atoms with Crippen LogP contribution in [0.2, 0.25) is 0 Å². The van der Waals surface area contributed by atoms with Crippen molar-refractivity contribution in [1.82, 2.24) is 5.32 Å². The SMILES string of the molecule is CCOc1cc(C=N/N=C2/NC(=O)/C(=C\C(=O)OC)S2)c(Br)cc1OC1CCCC1. The quantitative estimate of drug-likeness (QED) is 0.267. The van der Waals surface area contributed by atoms with E-state index >= 15 is 0 Å². The summed E-state index contributed by atoms with van der Waals surface area (Å²) in [5.41, 5.74) is 0.751. The van der Waals surface area contributed by atoms with E-state index in [9.17, 15) is 9.59 Å². The van der Waals surface area contributed by atoms with Crippen LogP contribution in [0.1, 0.15) is 38.2 Å². The molecule has 160 valence electrons. The minimum atomic E-state index is -0.607. The molecule has 1 saturated heterocycles. The maximum atomic E-state index is 11.8. The van der Waals surface area contributed by atoms with Gasteiger partial charge in [-0.15, -0.1) is 5.10 Å². The van der Waals surface area contributed by atoms with E-state index in [1.165, 1.54) is 20.0 Å². The molecule has 0 spiro atoms. The van der Waals surface area contributed by atoms with Crippen molar-refractivity contribution in [3.05, 3.63) is 33.2 Å². The highest BCUT2D eigenvalue weighted by Crippen LogP contribution is 2.36. The summed E-state index contributed by atoms with van der Waals surface area (Å²) in [5.74, 6) is 0.320. The van der Waals surface area contributed by atoms with Crippen molar-refractivity contribution in [2.75, 3.05) is 13.7 Å². The average molecular weight is 496 g/mol. The van der Waals surface area contributed by atoms with Gasteiger partial charge in [0.1, 0.15) is 0 Å². The summed E-state index contributed by atoms with van der Waals surface area (Å²) in [6.07, 6.45) is 7.36. The lowest BCUT2D eigenvalue weighted by atomic mass is 10.2. The molecule has 0 atom stereocenters. The number of rotatable bonds is 7. The Morgan fingerprint density at radius 3 is 2.80 bits per heavy atom. The Hall–Kier alpha value is -2.33. The number of hydrogen-bond acceptors (Lipinski definition) is 8. The van der Waals surface area contributed by atoms with Gasteiger partial charge in [-0.05, 0) is 72.4 Å². The third-order valence-corrected chi connectivity index (χ3v) is 5.99. The van der Waals surface area contributed by atoms with Crippen molar-refractivity contribution in [2.45, 2.75) is 38.7 Å². The molecule has 1 aromatic carbocycles. The Balaban J connectivity index is 1.74. The molecule has 0 radical (unpaired) electrons. The van der Waals surface area contributed by atoms with Crippen LogP contribution in [-0.2, 0) is 14.3 Å². The summed E-state index contributed by atoms with van der Waals surface area (Å²) in [6, 6.07) is 3.71. The first-order valence-electron chi connectivity index (χ1n) is 9.53. The highest BCUT2D eigenvalue weighted by molar-refractivity contribution is 9.10. The second-order valence-corrected chi connectivity index (χ2v) is 8.40. The number of thioether (sulfide) groups is 1. The number of methoxy groups -OCH3 is 1. The Bertz CT molecular complexity index is 910. The minimum absolute atomic E-state index is 0.198. The predicted octanol–water partition coefficient (Wildman–Crippen LogP) is 3.78. The molecule has 1 aliphatic heterocycles. The van der Waals surface area contributed by atoms with Gasteiger partial charge >= 0.3 is 5.97 Å². The van der Waals surface area contributed by atoms with Crippen LogP contribution < -0.4 is 14.8 Å². The van der Waals surface area contributed by atoms with E-state index in [4.69, 9.17) is 9.47 Å². The van der Waals surface area contributed by atoms with Crippen molar-refractivity contribution in [2.24, 2.45) is 10.2 Å². The van der Waals surface area contributed by atoms with Crippen LogP contribution in [0.15, 0.2) is 37.8 Å². The smallest absolute Gasteiger partial charge is 0.331 e. The van der Waals surface area contributed by atoms with Crippen LogP contribution >= 0.6 is 27.7 Å². The highest BCUT2D eigenvalue weighted by atomic mass is 79.9. The number of benzene rings is 1. The van der Waals surface area contributed by atoms with Gasteiger partial charge in [-0.25, -0.2) is 4.79 Å². The summed E-state index contributed by atoms with van der Waals surface area (Å²) in [4.78, 5) is 23.3. The second-order valence-electron chi connectivity index (χ2n) is 6.52. The van der Waals surface area contributed by atoms with E-state index in [1.807, 2.05) is 19.1 Å². The maximum Gasteiger partial charge on any atom is 0.331 e. The zero-order chi connectivity index (χ0) is 21.5. The zero-order valence-electron chi connectivity index (χ0n) is 16.6. The van der Waals surface area contributed by atoms with Gasteiger partial charge in [0.25, 0.3) is 5.91 Å². The van der Waals surface area contributed by atoms with E-state index < -0.39 is 11.9 Å². The number of amides is 1. The normalized spacial score (nSPS) is 19.6. The average Bonchev–Trinajstić information content (AvgIpc) is 3.35. The maximum absolute atomic E-state index is 11.8. The van der Waals surface area contributed by atoms with Crippen LogP contribution in [0.3, 0.4) is 0 Å². The number of carbonyl (C=O) groups excluding carboxylic acids is 2. The predicted molar refractivity (Wildman–Crippen MR) is 119 cm³/mol. The molecule has 2 fully saturated rings. The number of hydrogen-bond donors (Lipinski definition) is 1. The first-order chi connectivity index (χ1) is 14.5. The lowest BCUT2D eigenvalue weighted by Crippen LogP contribution is -2.19. The van der Waals surface area contributed by atoms with Crippen LogP contribution in [0.5, 0.6) is 11.5 Å². The number of nitrogens with one attached hydrogen (secondary N) is 1. The van der Waals surface area contributed by atoms with Gasteiger partial charge in [0.15, 0.2) is 16.7 Å². The van der Waals surface area contributed by atoms with Gasteiger partial charge in [0.05, 0.1) is 30.9 Å². The van der Waals surface area contributed by atoms with E-state index in [0.29, 0.717) is 18.1 Å². The van der Waals surface area contributed by atoms with E-state index in [2.05, 4.69) is 36.2 Å². The lowest BCUT2D eigenvalue weighted by Gasteiger charge is -2.17. The first kappa shape index (κ1) is 22.4. The van der Waals surface area contributed by atoms with Gasteiger partial charge in [-0.2, -0.15) is 5.10 Å². The number of nitrogens with zero attached hydrogens (tertiary/aromatic N) is 2. The van der Waals surface area contributed by atoms with Gasteiger partial charge in [0, 0.05) is 16.1 Å². The molecule has 1 aromatic rings. The largest absolute Gasteiger partial charge is 0.490 e. The number of ether oxygens (including phenoxy) is 3. The van der Waals surface area contributed by atoms with Crippen molar-refractivity contribution in [3.63, 3.8) is 0 Å². The molecule has 1 amide bonds. The van der Waals surface area contributed by atoms with E-state index in [-0.39, 0.29) is 16.2 Å². The summed E-state index contributed by atoms with van der Waals surface area (Å²) in [5, 5.41) is 10.9. The lowest BCUT2D eigenvalue weighted by molar-refractivity contribution is -0.135. The highest BCUT2D eigenvalue weighted by Gasteiger charge is 2.25. The monoisotopic (exact) mass is 495 g/mol. The van der Waals surface area contributed by atoms with Crippen LogP contribution in [-0.4, -0.2) is 43.1 Å². The fraction of sp³-hybridized carbons (Fsp3) is 0.400. The van der Waals surface area contributed by atoms with Gasteiger partial charge in [0.2, 0.25) is 0 Å². The number of esters is 1. The molecule has 10 heteroatoms. The minimum Gasteiger partial charge on any atom is -0.490 e. The summed E-state index contributed by atoms with van der Waals surface area (Å²) in [7, 11) is 1.24. The molecule has 1 heterocycles. The Labute approximate surface area is 187 Å². The van der Waals surface area contributed by atoms with Gasteiger partial charge in [-0.3, -0.25) is 10.1 Å². The molecule has 3 rings (SSSR count). The Morgan fingerprint density at radius 1 is 1.33 bits per heavy atom. The molecule has 8 nitrogen and oxygen atoms in total. The molecule has 1 aliphatic carbocycles. The molecule has 30 heavy (non-hydrogen) atoms. The Kier molecular flexibility index (Phi) is 7.92. The molecule has 1 saturated carbocycles. The number of halogens is 1. The zero-order valence-corrected chi connectivity index (χ0v) is 19.0. The van der Waals surface area contributed by atoms with E-state index in [0.717, 1.165) is 40.7 Å². The van der Waals surface area contributed by atoms with Crippen molar-refractivity contribution < 1.29 is 23.8 Å². The fourth-order valence-electron chi connectivity index (χ4n) is 2.98. The summed E-state index contributed by atoms with van der Waals surface area (Å²) >= 11 is 4.55. The standard InChI is InChI=1S/C20H22BrN3O5S/c1-3-28-15-8-12(14(21)9-16(15)29-13-6-4-5-7-13)11-22-24-20-23-19(26)17(30-20)10-18(25)27-2/h8-11,13H,3-7H2,1-2H3,(H,23,24,26)/b17-10+,22-11?. The number of amidine groups is 1. The number of carbonyl (C=O) groups is 2. The third-order valence-electron chi connectivity index (χ3n) is 4.41. The molecular formula is C20H22BrN3O5S. The molecular weight excluding hydrogens is 474 g/mol.